The van der Waals surface area contributed by atoms with E-state index in [1.807, 2.05) is 0 Å². The highest BCUT2D eigenvalue weighted by molar-refractivity contribution is 7.83. The summed E-state index contributed by atoms with van der Waals surface area (Å²) < 4.78 is 340. The van der Waals surface area contributed by atoms with Crippen molar-refractivity contribution >= 4 is 28.3 Å². The minimum atomic E-state index is -8.24. The summed E-state index contributed by atoms with van der Waals surface area (Å²) in [5.74, 6) is -77.7. The van der Waals surface area contributed by atoms with Crippen LogP contribution >= 0.6 is 23.8 Å². The van der Waals surface area contributed by atoms with Gasteiger partial charge in [0.2, 0.25) is 0 Å². The Morgan fingerprint density at radius 2 is 0.583 bits per heavy atom. The molecule has 0 N–H and O–H groups in total. The van der Waals surface area contributed by atoms with E-state index in [-0.39, 0.29) is 4.90 Å². The van der Waals surface area contributed by atoms with Crippen LogP contribution in [0.5, 0.6) is 0 Å². The third-order valence-electron chi connectivity index (χ3n) is 6.08. The van der Waals surface area contributed by atoms with Gasteiger partial charge in [-0.2, -0.15) is 114 Å². The van der Waals surface area contributed by atoms with Crippen LogP contribution in [0.3, 0.4) is 0 Å². The van der Waals surface area contributed by atoms with Gasteiger partial charge in [0.15, 0.2) is 4.45 Å². The fraction of sp³-hybridized carbons (Fsp3) is 0.947. The predicted octanol–water partition coefficient (Wildman–Crippen LogP) is 10.9. The summed E-state index contributed by atoms with van der Waals surface area (Å²) in [6.45, 7) is -3.16. The summed E-state index contributed by atoms with van der Waals surface area (Å²) in [4.78, 5) is -0.0889. The monoisotopic (exact) mass is 815 g/mol. The molecule has 0 aliphatic heterocycles. The standard InChI is InChI=1S/C19H12ClF26NS/c20-7(48)47(5-1-3-8(21,22)10(25,26)12(29,30)14(33,34)16(37,38)18(41,42)43)6-2-4-9(23,24)11(27,28)13(31,32)15(35,36)17(39,40)19(44,45)46/h1-6H2. The zero-order chi connectivity index (χ0) is 39.4. The van der Waals surface area contributed by atoms with Gasteiger partial charge in [-0.15, -0.1) is 0 Å². The molecule has 0 aliphatic rings. The van der Waals surface area contributed by atoms with Crippen molar-refractivity contribution in [1.82, 2.24) is 4.90 Å². The van der Waals surface area contributed by atoms with Gasteiger partial charge in [-0.3, -0.25) is 0 Å². The summed E-state index contributed by atoms with van der Waals surface area (Å²) in [5.41, 5.74) is 0. The van der Waals surface area contributed by atoms with Gasteiger partial charge in [0.05, 0.1) is 0 Å². The molecule has 0 aromatic heterocycles. The van der Waals surface area contributed by atoms with Gasteiger partial charge in [-0.25, -0.2) is 0 Å². The van der Waals surface area contributed by atoms with Gasteiger partial charge >= 0.3 is 71.6 Å². The molecule has 0 fully saturated rings. The second-order valence-electron chi connectivity index (χ2n) is 9.45. The molecule has 0 amide bonds. The average molecular weight is 816 g/mol. The normalized spacial score (nSPS) is 16.0. The summed E-state index contributed by atoms with van der Waals surface area (Å²) in [7, 11) is 0. The molecule has 0 atom stereocenters. The lowest BCUT2D eigenvalue weighted by molar-refractivity contribution is -0.440. The van der Waals surface area contributed by atoms with Crippen LogP contribution in [0.25, 0.3) is 0 Å². The fourth-order valence-corrected chi connectivity index (χ4v) is 3.54. The van der Waals surface area contributed by atoms with Crippen LogP contribution in [0.15, 0.2) is 0 Å². The summed E-state index contributed by atoms with van der Waals surface area (Å²) in [6.07, 6.45) is -25.0. The van der Waals surface area contributed by atoms with Gasteiger partial charge in [0.1, 0.15) is 0 Å². The average Bonchev–Trinajstić information content (AvgIpc) is 2.85. The van der Waals surface area contributed by atoms with Crippen molar-refractivity contribution in [3.05, 3.63) is 0 Å². The van der Waals surface area contributed by atoms with Crippen LogP contribution in [0.1, 0.15) is 25.7 Å². The molecule has 288 valence electrons. The van der Waals surface area contributed by atoms with Gasteiger partial charge in [0, 0.05) is 25.9 Å². The molecule has 48 heavy (non-hydrogen) atoms. The fourth-order valence-electron chi connectivity index (χ4n) is 3.19. The Morgan fingerprint density at radius 3 is 0.771 bits per heavy atom. The number of halogens is 27. The highest BCUT2D eigenvalue weighted by atomic mass is 35.5. The lowest BCUT2D eigenvalue weighted by Crippen LogP contribution is -2.70. The van der Waals surface area contributed by atoms with Crippen LogP contribution in [0.4, 0.5) is 114 Å². The molecule has 0 radical (unpaired) electrons. The third-order valence-corrected chi connectivity index (χ3v) is 6.58. The molecule has 0 aromatic carbocycles. The molecule has 0 saturated carbocycles. The SMILES string of the molecule is FC(F)(F)C(F)(F)C(F)(F)C(F)(F)C(F)(F)C(F)(F)CCCN(CCCC(F)(F)C(F)(F)C(F)(F)C(F)(F)C(F)(F)C(F)(F)F)C(=S)Cl. The number of rotatable bonds is 16. The van der Waals surface area contributed by atoms with Gasteiger partial charge < -0.3 is 4.90 Å². The number of hydrogen-bond donors (Lipinski definition) is 0. The molecule has 0 bridgehead atoms. The maximum atomic E-state index is 13.9. The molecule has 0 heterocycles. The maximum absolute atomic E-state index is 13.9. The third kappa shape index (κ3) is 7.37. The minimum absolute atomic E-state index is 0.0889. The van der Waals surface area contributed by atoms with E-state index in [2.05, 4.69) is 12.2 Å². The van der Waals surface area contributed by atoms with Crippen molar-refractivity contribution in [1.29, 1.82) is 0 Å². The van der Waals surface area contributed by atoms with Gasteiger partial charge in [-0.1, -0.05) is 11.6 Å². The Kier molecular flexibility index (Phi) is 12.7. The number of hydrogen-bond acceptors (Lipinski definition) is 1. The van der Waals surface area contributed by atoms with Crippen molar-refractivity contribution < 1.29 is 114 Å². The van der Waals surface area contributed by atoms with E-state index in [1.165, 1.54) is 0 Å². The van der Waals surface area contributed by atoms with Crippen molar-refractivity contribution in [2.75, 3.05) is 13.1 Å². The van der Waals surface area contributed by atoms with Crippen molar-refractivity contribution in [2.24, 2.45) is 0 Å². The first-order valence-electron chi connectivity index (χ1n) is 11.4. The topological polar surface area (TPSA) is 3.24 Å². The van der Waals surface area contributed by atoms with Crippen LogP contribution < -0.4 is 0 Å². The van der Waals surface area contributed by atoms with Crippen LogP contribution in [-0.4, -0.2) is 94.0 Å². The van der Waals surface area contributed by atoms with Crippen molar-refractivity contribution in [3.8, 4) is 0 Å². The lowest BCUT2D eigenvalue weighted by Gasteiger charge is -2.40. The Balaban J connectivity index is 5.91. The van der Waals surface area contributed by atoms with Crippen LogP contribution in [0.2, 0.25) is 0 Å². The Morgan fingerprint density at radius 1 is 0.375 bits per heavy atom. The first-order valence-corrected chi connectivity index (χ1v) is 12.2. The molecule has 1 nitrogen and oxygen atoms in total. The number of thiocarbonyl (C=S) groups is 1. The zero-order valence-electron chi connectivity index (χ0n) is 21.8. The van der Waals surface area contributed by atoms with Gasteiger partial charge in [0.25, 0.3) is 0 Å². The molecule has 29 heteroatoms. The van der Waals surface area contributed by atoms with E-state index in [4.69, 9.17) is 11.6 Å². The summed E-state index contributed by atoms with van der Waals surface area (Å²) in [6, 6.07) is 0. The van der Waals surface area contributed by atoms with E-state index in [0.717, 1.165) is 0 Å². The highest BCUT2D eigenvalue weighted by Gasteiger charge is 2.92. The van der Waals surface area contributed by atoms with E-state index in [1.54, 1.807) is 0 Å². The molecule has 0 aliphatic carbocycles. The molecule has 0 spiro atoms. The van der Waals surface area contributed by atoms with E-state index < -0.39 is 115 Å². The van der Waals surface area contributed by atoms with Crippen LogP contribution in [0, 0.1) is 0 Å². The molecule has 0 unspecified atom stereocenters. The van der Waals surface area contributed by atoms with E-state index in [9.17, 15) is 114 Å². The predicted molar refractivity (Wildman–Crippen MR) is 110 cm³/mol. The minimum Gasteiger partial charge on any atom is -0.353 e. The molecule has 0 aromatic rings. The van der Waals surface area contributed by atoms with Crippen LogP contribution in [-0.2, 0) is 0 Å². The van der Waals surface area contributed by atoms with Crippen molar-refractivity contribution in [3.63, 3.8) is 0 Å². The van der Waals surface area contributed by atoms with E-state index >= 15 is 0 Å². The maximum Gasteiger partial charge on any atom is 0.460 e. The molecular weight excluding hydrogens is 804 g/mol. The Bertz CT molecular complexity index is 1040. The largest absolute Gasteiger partial charge is 0.460 e. The van der Waals surface area contributed by atoms with Gasteiger partial charge in [-0.05, 0) is 25.1 Å². The smallest absolute Gasteiger partial charge is 0.353 e. The first-order chi connectivity index (χ1) is 20.5. The van der Waals surface area contributed by atoms with Crippen molar-refractivity contribution in [2.45, 2.75) is 97.3 Å². The first kappa shape index (κ1) is 46.4. The second kappa shape index (κ2) is 13.2. The Labute approximate surface area is 258 Å². The molecule has 0 saturated heterocycles. The summed E-state index contributed by atoms with van der Waals surface area (Å²) >= 11 is 9.29. The van der Waals surface area contributed by atoms with E-state index in [0.29, 0.717) is 0 Å². The second-order valence-corrected chi connectivity index (χ2v) is 10.4. The molecular formula is C19H12ClF26NS. The number of nitrogens with zero attached hydrogens (tertiary/aromatic N) is 1. The molecule has 0 rings (SSSR count). The number of alkyl halides is 26. The summed E-state index contributed by atoms with van der Waals surface area (Å²) in [5, 5.41) is 0. The Hall–Kier alpha value is -1.64. The highest BCUT2D eigenvalue weighted by Crippen LogP contribution is 2.62. The zero-order valence-corrected chi connectivity index (χ0v) is 23.4. The lowest BCUT2D eigenvalue weighted by atomic mass is 9.91. The quantitative estimate of drug-likeness (QED) is 0.0661.